The molecule has 2 aromatic carbocycles. The Labute approximate surface area is 176 Å². The van der Waals surface area contributed by atoms with Crippen molar-refractivity contribution in [2.75, 3.05) is 17.3 Å². The van der Waals surface area contributed by atoms with Crippen molar-refractivity contribution >= 4 is 40.2 Å². The van der Waals surface area contributed by atoms with E-state index in [1.54, 1.807) is 42.5 Å². The zero-order valence-corrected chi connectivity index (χ0v) is 17.5. The van der Waals surface area contributed by atoms with E-state index in [2.05, 4.69) is 10.3 Å². The number of ether oxygens (including phenoxy) is 1. The number of nitrogens with zero attached hydrogens (tertiary/aromatic N) is 2. The van der Waals surface area contributed by atoms with Gasteiger partial charge in [0.05, 0.1) is 18.3 Å². The fourth-order valence-corrected chi connectivity index (χ4v) is 3.31. The summed E-state index contributed by atoms with van der Waals surface area (Å²) < 4.78 is 5.47. The van der Waals surface area contributed by atoms with E-state index in [1.165, 1.54) is 13.0 Å². The number of pyridine rings is 1. The number of para-hydroxylation sites is 1. The van der Waals surface area contributed by atoms with Crippen LogP contribution in [-0.2, 0) is 9.59 Å². The van der Waals surface area contributed by atoms with Crippen LogP contribution in [0.15, 0.2) is 60.8 Å². The highest BCUT2D eigenvalue weighted by Gasteiger charge is 2.21. The summed E-state index contributed by atoms with van der Waals surface area (Å²) in [6, 6.07) is 14.8. The fourth-order valence-electron chi connectivity index (χ4n) is 3.31. The van der Waals surface area contributed by atoms with Crippen LogP contribution in [0.2, 0.25) is 0 Å². The highest BCUT2D eigenvalue weighted by atomic mass is 16.5. The minimum absolute atomic E-state index is 0.130. The van der Waals surface area contributed by atoms with Crippen LogP contribution >= 0.6 is 0 Å². The van der Waals surface area contributed by atoms with Crippen LogP contribution in [0.5, 0.6) is 5.75 Å². The van der Waals surface area contributed by atoms with Gasteiger partial charge in [-0.1, -0.05) is 24.3 Å². The molecule has 0 bridgehead atoms. The number of amides is 2. The number of aromatic nitrogens is 1. The minimum atomic E-state index is -0.198. The van der Waals surface area contributed by atoms with E-state index in [9.17, 15) is 9.59 Å². The van der Waals surface area contributed by atoms with Gasteiger partial charge in [-0.3, -0.25) is 14.6 Å². The molecule has 0 aliphatic rings. The van der Waals surface area contributed by atoms with Gasteiger partial charge in [-0.15, -0.1) is 0 Å². The Balaban J connectivity index is 1.97. The zero-order valence-electron chi connectivity index (χ0n) is 17.5. The van der Waals surface area contributed by atoms with Crippen molar-refractivity contribution in [1.82, 2.24) is 4.98 Å². The monoisotopic (exact) mass is 403 g/mol. The van der Waals surface area contributed by atoms with Crippen molar-refractivity contribution in [2.45, 2.75) is 26.8 Å². The largest absolute Gasteiger partial charge is 0.495 e. The third-order valence-corrected chi connectivity index (χ3v) is 4.58. The molecule has 1 heterocycles. The molecule has 3 aromatic rings. The number of nitrogens with one attached hydrogen (secondary N) is 1. The smallest absolute Gasteiger partial charge is 0.251 e. The lowest BCUT2D eigenvalue weighted by Gasteiger charge is -2.27. The van der Waals surface area contributed by atoms with Crippen LogP contribution in [0.3, 0.4) is 0 Å². The average molecular weight is 403 g/mol. The lowest BCUT2D eigenvalue weighted by Crippen LogP contribution is -2.36. The molecule has 6 heteroatoms. The molecule has 6 nitrogen and oxygen atoms in total. The number of fused-ring (bicyclic) bond motifs is 1. The molecule has 0 spiro atoms. The molecular weight excluding hydrogens is 378 g/mol. The average Bonchev–Trinajstić information content (AvgIpc) is 2.72. The van der Waals surface area contributed by atoms with Gasteiger partial charge in [0.1, 0.15) is 5.75 Å². The molecule has 30 heavy (non-hydrogen) atoms. The first-order chi connectivity index (χ1) is 14.4. The van der Waals surface area contributed by atoms with E-state index in [0.29, 0.717) is 17.1 Å². The van der Waals surface area contributed by atoms with E-state index < -0.39 is 0 Å². The standard InChI is InChI=1S/C24H25N3O3/c1-16(2)27(21-15-20(26-17(3)28)11-12-22(21)30-4)23(29)13-10-19-8-5-7-18-9-6-14-25-24(18)19/h5-16H,1-4H3,(H,26,28). The number of benzene rings is 2. The Morgan fingerprint density at radius 3 is 2.60 bits per heavy atom. The van der Waals surface area contributed by atoms with Crippen molar-refractivity contribution in [3.05, 3.63) is 66.4 Å². The van der Waals surface area contributed by atoms with Gasteiger partial charge in [0.2, 0.25) is 5.91 Å². The SMILES string of the molecule is COc1ccc(NC(C)=O)cc1N(C(=O)C=Cc1cccc2cccnc12)C(C)C. The second kappa shape index (κ2) is 9.22. The molecule has 1 N–H and O–H groups in total. The summed E-state index contributed by atoms with van der Waals surface area (Å²) in [6.07, 6.45) is 5.05. The summed E-state index contributed by atoms with van der Waals surface area (Å²) >= 11 is 0. The quantitative estimate of drug-likeness (QED) is 0.608. The number of carbonyl (C=O) groups is 2. The minimum Gasteiger partial charge on any atom is -0.495 e. The Kier molecular flexibility index (Phi) is 6.47. The van der Waals surface area contributed by atoms with E-state index in [1.807, 2.05) is 44.2 Å². The Morgan fingerprint density at radius 2 is 1.90 bits per heavy atom. The molecule has 0 aliphatic carbocycles. The second-order valence-electron chi connectivity index (χ2n) is 7.13. The summed E-state index contributed by atoms with van der Waals surface area (Å²) in [6.45, 7) is 5.29. The Morgan fingerprint density at radius 1 is 1.13 bits per heavy atom. The van der Waals surface area contributed by atoms with Crippen LogP contribution in [-0.4, -0.2) is 29.9 Å². The number of hydrogen-bond donors (Lipinski definition) is 1. The first-order valence-electron chi connectivity index (χ1n) is 9.71. The highest BCUT2D eigenvalue weighted by molar-refractivity contribution is 6.06. The maximum Gasteiger partial charge on any atom is 0.251 e. The first-order valence-corrected chi connectivity index (χ1v) is 9.71. The number of anilines is 2. The molecule has 0 unspecified atom stereocenters. The number of rotatable bonds is 6. The maximum atomic E-state index is 13.2. The molecule has 0 atom stereocenters. The molecule has 0 radical (unpaired) electrons. The van der Waals surface area contributed by atoms with E-state index >= 15 is 0 Å². The summed E-state index contributed by atoms with van der Waals surface area (Å²) in [5.74, 6) is 0.166. The molecule has 1 aromatic heterocycles. The third-order valence-electron chi connectivity index (χ3n) is 4.58. The lowest BCUT2D eigenvalue weighted by atomic mass is 10.1. The number of carbonyl (C=O) groups excluding carboxylic acids is 2. The van der Waals surface area contributed by atoms with Crippen molar-refractivity contribution in [2.24, 2.45) is 0 Å². The van der Waals surface area contributed by atoms with Gasteiger partial charge in [-0.05, 0) is 44.2 Å². The molecule has 0 saturated carbocycles. The van der Waals surface area contributed by atoms with Crippen LogP contribution in [0.1, 0.15) is 26.3 Å². The topological polar surface area (TPSA) is 71.5 Å². The predicted octanol–water partition coefficient (Wildman–Crippen LogP) is 4.66. The number of hydrogen-bond acceptors (Lipinski definition) is 4. The van der Waals surface area contributed by atoms with Crippen molar-refractivity contribution in [1.29, 1.82) is 0 Å². The Hall–Kier alpha value is -3.67. The summed E-state index contributed by atoms with van der Waals surface area (Å²) in [4.78, 5) is 30.7. The fraction of sp³-hybridized carbons (Fsp3) is 0.208. The molecule has 0 saturated heterocycles. The van der Waals surface area contributed by atoms with Crippen molar-refractivity contribution in [3.8, 4) is 5.75 Å². The molecule has 2 amide bonds. The predicted molar refractivity (Wildman–Crippen MR) is 121 cm³/mol. The van der Waals surface area contributed by atoms with E-state index in [4.69, 9.17) is 4.74 Å². The van der Waals surface area contributed by atoms with Gasteiger partial charge >= 0.3 is 0 Å². The van der Waals surface area contributed by atoms with E-state index in [-0.39, 0.29) is 17.9 Å². The van der Waals surface area contributed by atoms with Gasteiger partial charge in [-0.25, -0.2) is 0 Å². The number of methoxy groups -OCH3 is 1. The highest BCUT2D eigenvalue weighted by Crippen LogP contribution is 2.33. The van der Waals surface area contributed by atoms with Gasteiger partial charge in [0.25, 0.3) is 5.91 Å². The van der Waals surface area contributed by atoms with Crippen molar-refractivity contribution in [3.63, 3.8) is 0 Å². The third kappa shape index (κ3) is 4.66. The van der Waals surface area contributed by atoms with E-state index in [0.717, 1.165) is 16.5 Å². The summed E-state index contributed by atoms with van der Waals surface area (Å²) in [5, 5.41) is 3.76. The molecule has 154 valence electrons. The lowest BCUT2D eigenvalue weighted by molar-refractivity contribution is -0.115. The van der Waals surface area contributed by atoms with Crippen molar-refractivity contribution < 1.29 is 14.3 Å². The molecule has 0 fully saturated rings. The first kappa shape index (κ1) is 21.0. The normalized spacial score (nSPS) is 11.1. The van der Waals surface area contributed by atoms with Crippen LogP contribution in [0.25, 0.3) is 17.0 Å². The van der Waals surface area contributed by atoms with Crippen LogP contribution < -0.4 is 15.0 Å². The zero-order chi connectivity index (χ0) is 21.7. The van der Waals surface area contributed by atoms with Gasteiger partial charge in [-0.2, -0.15) is 0 Å². The van der Waals surface area contributed by atoms with Crippen LogP contribution in [0.4, 0.5) is 11.4 Å². The molecule has 3 rings (SSSR count). The second-order valence-corrected chi connectivity index (χ2v) is 7.13. The molecule has 0 aliphatic heterocycles. The van der Waals surface area contributed by atoms with Gasteiger partial charge in [0.15, 0.2) is 0 Å². The van der Waals surface area contributed by atoms with Gasteiger partial charge < -0.3 is 15.0 Å². The van der Waals surface area contributed by atoms with Gasteiger partial charge in [0, 0.05) is 41.9 Å². The summed E-state index contributed by atoms with van der Waals surface area (Å²) in [7, 11) is 1.55. The molecular formula is C24H25N3O3. The Bertz CT molecular complexity index is 1100. The summed E-state index contributed by atoms with van der Waals surface area (Å²) in [5.41, 5.74) is 2.89. The maximum absolute atomic E-state index is 13.2. The van der Waals surface area contributed by atoms with Crippen LogP contribution in [0, 0.1) is 0 Å².